The van der Waals surface area contributed by atoms with E-state index >= 15 is 0 Å². The Morgan fingerprint density at radius 1 is 1.56 bits per heavy atom. The van der Waals surface area contributed by atoms with Crippen molar-refractivity contribution in [1.82, 2.24) is 10.3 Å². The molecular formula is C15H24N2O. The quantitative estimate of drug-likeness (QED) is 0.870. The van der Waals surface area contributed by atoms with Gasteiger partial charge in [-0.1, -0.05) is 13.0 Å². The van der Waals surface area contributed by atoms with Crippen LogP contribution in [0.5, 0.6) is 0 Å². The molecule has 3 heteroatoms. The number of hydrogen-bond acceptors (Lipinski definition) is 3. The predicted octanol–water partition coefficient (Wildman–Crippen LogP) is 2.86. The molecule has 2 unspecified atom stereocenters. The van der Waals surface area contributed by atoms with Crippen LogP contribution in [0.3, 0.4) is 0 Å². The van der Waals surface area contributed by atoms with E-state index < -0.39 is 0 Å². The van der Waals surface area contributed by atoms with Gasteiger partial charge >= 0.3 is 0 Å². The summed E-state index contributed by atoms with van der Waals surface area (Å²) in [5.74, 6) is 0.555. The predicted molar refractivity (Wildman–Crippen MR) is 73.6 cm³/mol. The highest BCUT2D eigenvalue weighted by atomic mass is 16.5. The van der Waals surface area contributed by atoms with Gasteiger partial charge in [0.15, 0.2) is 0 Å². The maximum Gasteiger partial charge on any atom is 0.0605 e. The molecule has 1 aliphatic rings. The second-order valence-electron chi connectivity index (χ2n) is 5.11. The van der Waals surface area contributed by atoms with Crippen LogP contribution in [0.15, 0.2) is 18.3 Å². The third-order valence-corrected chi connectivity index (χ3v) is 3.63. The summed E-state index contributed by atoms with van der Waals surface area (Å²) >= 11 is 0. The van der Waals surface area contributed by atoms with Crippen molar-refractivity contribution in [2.24, 2.45) is 5.92 Å². The van der Waals surface area contributed by atoms with Crippen LogP contribution in [-0.2, 0) is 4.74 Å². The summed E-state index contributed by atoms with van der Waals surface area (Å²) in [4.78, 5) is 4.59. The summed E-state index contributed by atoms with van der Waals surface area (Å²) in [7, 11) is 0. The average molecular weight is 248 g/mol. The lowest BCUT2D eigenvalue weighted by molar-refractivity contribution is 0.0383. The van der Waals surface area contributed by atoms with Crippen molar-refractivity contribution >= 4 is 0 Å². The van der Waals surface area contributed by atoms with Gasteiger partial charge in [-0.3, -0.25) is 4.98 Å². The van der Waals surface area contributed by atoms with E-state index in [9.17, 15) is 0 Å². The second kappa shape index (κ2) is 6.86. The number of ether oxygens (including phenoxy) is 1. The Hall–Kier alpha value is -0.930. The Bertz CT molecular complexity index is 361. The lowest BCUT2D eigenvalue weighted by Gasteiger charge is -2.31. The standard InChI is InChI=1S/C15H24N2O/c1-3-8-16-15(13-7-5-10-18-11-13)14-12(2)6-4-9-17-14/h4,6,9,13,15-16H,3,5,7-8,10-11H2,1-2H3. The fourth-order valence-corrected chi connectivity index (χ4v) is 2.64. The van der Waals surface area contributed by atoms with Crippen LogP contribution < -0.4 is 5.32 Å². The molecule has 0 spiro atoms. The van der Waals surface area contributed by atoms with Crippen LogP contribution in [0.4, 0.5) is 0 Å². The molecule has 1 N–H and O–H groups in total. The lowest BCUT2D eigenvalue weighted by Crippen LogP contribution is -2.34. The molecule has 1 aliphatic heterocycles. The largest absolute Gasteiger partial charge is 0.381 e. The van der Waals surface area contributed by atoms with E-state index in [1.165, 1.54) is 24.1 Å². The van der Waals surface area contributed by atoms with Gasteiger partial charge in [-0.15, -0.1) is 0 Å². The van der Waals surface area contributed by atoms with Crippen LogP contribution in [0.2, 0.25) is 0 Å². The molecule has 2 heterocycles. The molecule has 0 bridgehead atoms. The van der Waals surface area contributed by atoms with E-state index in [1.54, 1.807) is 0 Å². The van der Waals surface area contributed by atoms with Crippen molar-refractivity contribution in [3.8, 4) is 0 Å². The highest BCUT2D eigenvalue weighted by Crippen LogP contribution is 2.29. The molecule has 1 fully saturated rings. The van der Waals surface area contributed by atoms with Crippen molar-refractivity contribution in [1.29, 1.82) is 0 Å². The van der Waals surface area contributed by atoms with Gasteiger partial charge in [0.2, 0.25) is 0 Å². The fraction of sp³-hybridized carbons (Fsp3) is 0.667. The van der Waals surface area contributed by atoms with Crippen LogP contribution in [0.25, 0.3) is 0 Å². The number of nitrogens with zero attached hydrogens (tertiary/aromatic N) is 1. The lowest BCUT2D eigenvalue weighted by atomic mass is 9.89. The molecule has 1 saturated heterocycles. The van der Waals surface area contributed by atoms with Crippen molar-refractivity contribution in [2.75, 3.05) is 19.8 Å². The van der Waals surface area contributed by atoms with Crippen molar-refractivity contribution in [3.05, 3.63) is 29.6 Å². The molecule has 100 valence electrons. The first-order valence-electron chi connectivity index (χ1n) is 7.05. The zero-order valence-electron chi connectivity index (χ0n) is 11.5. The minimum atomic E-state index is 0.339. The van der Waals surface area contributed by atoms with Gasteiger partial charge < -0.3 is 10.1 Å². The number of rotatable bonds is 5. The third-order valence-electron chi connectivity index (χ3n) is 3.63. The topological polar surface area (TPSA) is 34.2 Å². The molecule has 0 saturated carbocycles. The van der Waals surface area contributed by atoms with Gasteiger partial charge in [0.05, 0.1) is 18.3 Å². The number of hydrogen-bond donors (Lipinski definition) is 1. The molecule has 0 amide bonds. The van der Waals surface area contributed by atoms with Crippen molar-refractivity contribution in [2.45, 2.75) is 39.2 Å². The molecule has 3 nitrogen and oxygen atoms in total. The molecule has 2 rings (SSSR count). The van der Waals surface area contributed by atoms with Crippen LogP contribution >= 0.6 is 0 Å². The Labute approximate surface area is 110 Å². The summed E-state index contributed by atoms with van der Waals surface area (Å²) in [6.45, 7) is 7.16. The average Bonchev–Trinajstić information content (AvgIpc) is 2.42. The van der Waals surface area contributed by atoms with Gasteiger partial charge in [-0.25, -0.2) is 0 Å². The summed E-state index contributed by atoms with van der Waals surface area (Å²) < 4.78 is 5.64. The van der Waals surface area contributed by atoms with Crippen LogP contribution in [0, 0.1) is 12.8 Å². The Kier molecular flexibility index (Phi) is 5.14. The molecule has 0 aliphatic carbocycles. The first kappa shape index (κ1) is 13.5. The summed E-state index contributed by atoms with van der Waals surface area (Å²) in [5, 5.41) is 3.65. The number of nitrogens with one attached hydrogen (secondary N) is 1. The third kappa shape index (κ3) is 3.30. The zero-order chi connectivity index (χ0) is 12.8. The number of pyridine rings is 1. The van der Waals surface area contributed by atoms with Crippen LogP contribution in [-0.4, -0.2) is 24.7 Å². The summed E-state index contributed by atoms with van der Waals surface area (Å²) in [5.41, 5.74) is 2.47. The SMILES string of the molecule is CCCNC(c1ncccc1C)C1CCCOC1. The highest BCUT2D eigenvalue weighted by molar-refractivity contribution is 5.22. The first-order chi connectivity index (χ1) is 8.83. The Morgan fingerprint density at radius 3 is 3.11 bits per heavy atom. The van der Waals surface area contributed by atoms with E-state index in [1.807, 2.05) is 12.3 Å². The van der Waals surface area contributed by atoms with E-state index in [0.717, 1.165) is 26.2 Å². The number of aromatic nitrogens is 1. The zero-order valence-corrected chi connectivity index (χ0v) is 11.5. The Balaban J connectivity index is 2.15. The van der Waals surface area contributed by atoms with E-state index in [0.29, 0.717) is 12.0 Å². The monoisotopic (exact) mass is 248 g/mol. The van der Waals surface area contributed by atoms with Gasteiger partial charge in [-0.05, 0) is 44.4 Å². The van der Waals surface area contributed by atoms with Gasteiger partial charge in [0.25, 0.3) is 0 Å². The minimum absolute atomic E-state index is 0.339. The summed E-state index contributed by atoms with van der Waals surface area (Å²) in [6, 6.07) is 4.49. The minimum Gasteiger partial charge on any atom is -0.381 e. The van der Waals surface area contributed by atoms with Gasteiger partial charge in [0, 0.05) is 18.7 Å². The summed E-state index contributed by atoms with van der Waals surface area (Å²) in [6.07, 6.45) is 5.45. The van der Waals surface area contributed by atoms with Gasteiger partial charge in [0.1, 0.15) is 0 Å². The van der Waals surface area contributed by atoms with Crippen molar-refractivity contribution in [3.63, 3.8) is 0 Å². The Morgan fingerprint density at radius 2 is 2.44 bits per heavy atom. The molecule has 1 aromatic rings. The van der Waals surface area contributed by atoms with Gasteiger partial charge in [-0.2, -0.15) is 0 Å². The smallest absolute Gasteiger partial charge is 0.0605 e. The van der Waals surface area contributed by atoms with E-state index in [4.69, 9.17) is 4.74 Å². The fourth-order valence-electron chi connectivity index (χ4n) is 2.64. The maximum atomic E-state index is 5.64. The van der Waals surface area contributed by atoms with E-state index in [-0.39, 0.29) is 0 Å². The number of aryl methyl sites for hydroxylation is 1. The molecular weight excluding hydrogens is 224 g/mol. The molecule has 18 heavy (non-hydrogen) atoms. The first-order valence-corrected chi connectivity index (χ1v) is 7.05. The van der Waals surface area contributed by atoms with E-state index in [2.05, 4.69) is 30.2 Å². The molecule has 0 aromatic carbocycles. The van der Waals surface area contributed by atoms with Crippen LogP contribution in [0.1, 0.15) is 43.5 Å². The highest BCUT2D eigenvalue weighted by Gasteiger charge is 2.26. The van der Waals surface area contributed by atoms with Crippen molar-refractivity contribution < 1.29 is 4.74 Å². The second-order valence-corrected chi connectivity index (χ2v) is 5.11. The molecule has 0 radical (unpaired) electrons. The normalized spacial score (nSPS) is 21.8. The molecule has 1 aromatic heterocycles. The molecule has 2 atom stereocenters. The maximum absolute atomic E-state index is 5.64.